The summed E-state index contributed by atoms with van der Waals surface area (Å²) in [5.74, 6) is 5.80. The predicted octanol–water partition coefficient (Wildman–Crippen LogP) is 34.3. The Morgan fingerprint density at radius 1 is 0.156 bits per heavy atom. The lowest BCUT2D eigenvalue weighted by atomic mass is 9.95. The number of rotatable bonds is 15. The molecule has 13 nitrogen and oxygen atoms in total. The van der Waals surface area contributed by atoms with E-state index in [1.807, 2.05) is 205 Å². The largest absolute Gasteiger partial charge is 0.456 e. The molecule has 0 fully saturated rings. The van der Waals surface area contributed by atoms with Crippen LogP contribution in [-0.2, 0) is 0 Å². The number of fused-ring (bicyclic) bond motifs is 16. The Morgan fingerprint density at radius 3 is 1.01 bits per heavy atom. The summed E-state index contributed by atoms with van der Waals surface area (Å²) in [6, 6.07) is 178. The van der Waals surface area contributed by atoms with Crippen LogP contribution in [0.5, 0.6) is 0 Å². The van der Waals surface area contributed by atoms with E-state index in [1.54, 1.807) is 0 Å². The molecule has 0 aliphatic rings. The van der Waals surface area contributed by atoms with Gasteiger partial charge in [-0.05, 0) is 165 Å². The van der Waals surface area contributed by atoms with Gasteiger partial charge in [-0.3, -0.25) is 0 Å². The highest BCUT2D eigenvalue weighted by molar-refractivity contribution is 7.25. The van der Waals surface area contributed by atoms with Crippen LogP contribution >= 0.6 is 11.3 Å². The molecule has 0 saturated carbocycles. The van der Waals surface area contributed by atoms with E-state index in [0.29, 0.717) is 52.4 Å². The first-order valence-electron chi connectivity index (χ1n) is 49.2. The molecule has 21 aromatic carbocycles. The normalized spacial score (nSPS) is 11.5. The minimum absolute atomic E-state index is 0.628. The highest BCUT2D eigenvalue weighted by Crippen LogP contribution is 2.47. The smallest absolute Gasteiger partial charge is 0.164 e. The molecular weight excluding hydrogens is 1810 g/mol. The van der Waals surface area contributed by atoms with Crippen molar-refractivity contribution in [1.82, 2.24) is 58.6 Å². The maximum atomic E-state index is 6.21. The van der Waals surface area contributed by atoms with Gasteiger partial charge in [0.1, 0.15) is 11.2 Å². The molecule has 0 radical (unpaired) electrons. The van der Waals surface area contributed by atoms with Gasteiger partial charge in [0.15, 0.2) is 52.4 Å². The summed E-state index contributed by atoms with van der Waals surface area (Å²) in [4.78, 5) is 45.3. The number of thiophene rings is 1. The standard InChI is InChI=1S/C49H32N4.C45H28N4O.C39H24N4S/c1-4-15-34(16-5-1)47-50-48(35-17-6-2-7-18-35)52-49(51-47)40-21-12-20-39(31-40)42-24-13-25-45-46(42)43-32-38(37-27-26-33-14-10-11-19-36(33)30-37)28-29-44(43)53(45)41-22-8-3-9-23-41;1-4-13-29(14-5-1)32-23-25-38-37(27-32)42-35(45-47-43(30-15-6-2-7-16-30)46-44(48-45)31-17-8-3-9-18-31)20-12-21-39(42)49(38)33-24-26-41-36(28-33)34-19-10-11-22-40(34)50-41;1-3-12-25(13-4-1)37-40-38(26-14-5-2-6-15-26)42-39(41-37)30-18-11-20-33-36(30)29-17-7-9-19-32(29)43(33)27-22-23-35-31(24-27)28-16-8-10-21-34(28)44-35/h1-32H;1-28H;1-24H. The summed E-state index contributed by atoms with van der Waals surface area (Å²) in [7, 11) is 0. The van der Waals surface area contributed by atoms with Gasteiger partial charge < -0.3 is 18.1 Å². The number of benzene rings is 21. The van der Waals surface area contributed by atoms with Crippen molar-refractivity contribution >= 4 is 130 Å². The molecule has 147 heavy (non-hydrogen) atoms. The molecule has 0 bridgehead atoms. The molecule has 0 aliphatic carbocycles. The summed E-state index contributed by atoms with van der Waals surface area (Å²) in [5.41, 5.74) is 27.3. The van der Waals surface area contributed by atoms with Crippen molar-refractivity contribution in [2.24, 2.45) is 0 Å². The van der Waals surface area contributed by atoms with Crippen LogP contribution in [0.2, 0.25) is 0 Å². The molecule has 688 valence electrons. The fourth-order valence-corrected chi connectivity index (χ4v) is 22.0. The fourth-order valence-electron chi connectivity index (χ4n) is 20.9. The summed E-state index contributed by atoms with van der Waals surface area (Å²) in [6.07, 6.45) is 0. The third-order valence-corrected chi connectivity index (χ3v) is 28.9. The van der Waals surface area contributed by atoms with E-state index >= 15 is 0 Å². The first-order chi connectivity index (χ1) is 72.9. The zero-order valence-corrected chi connectivity index (χ0v) is 80.0. The summed E-state index contributed by atoms with van der Waals surface area (Å²) >= 11 is 1.84. The lowest BCUT2D eigenvalue weighted by Crippen LogP contribution is -2.00. The highest BCUT2D eigenvalue weighted by atomic mass is 32.1. The van der Waals surface area contributed by atoms with Crippen molar-refractivity contribution in [3.63, 3.8) is 0 Å². The third kappa shape index (κ3) is 16.0. The number of hydrogen-bond acceptors (Lipinski definition) is 11. The quantitative estimate of drug-likeness (QED) is 0.0973. The summed E-state index contributed by atoms with van der Waals surface area (Å²) in [6.45, 7) is 0. The van der Waals surface area contributed by atoms with Crippen LogP contribution in [0.3, 0.4) is 0 Å². The first-order valence-corrected chi connectivity index (χ1v) is 50.0. The Labute approximate surface area is 849 Å². The SMILES string of the molecule is c1ccc(-c2ccc3c(c2)c2c(-c4nc(-c5ccccc5)nc(-c5ccccc5)n4)cccc2n3-c2ccc3oc4ccccc4c3c2)cc1.c1ccc(-c2nc(-c3ccccc3)nc(-c3cccc(-c4cccc5c4c4cc(-c6ccc7ccccc7c6)ccc4n5-c4ccccc4)c3)n2)cc1.c1ccc(-c2nc(-c3ccccc3)nc(-c3cccc4c3c3ccccc3n4-c3ccc4sc5ccccc5c4c3)n2)cc1. The lowest BCUT2D eigenvalue weighted by Gasteiger charge is -2.11. The van der Waals surface area contributed by atoms with E-state index in [0.717, 1.165) is 166 Å². The molecule has 0 atom stereocenters. The van der Waals surface area contributed by atoms with Crippen LogP contribution in [0.25, 0.3) is 271 Å². The lowest BCUT2D eigenvalue weighted by molar-refractivity contribution is 0.669. The molecule has 0 aliphatic heterocycles. The van der Waals surface area contributed by atoms with Gasteiger partial charge >= 0.3 is 0 Å². The highest BCUT2D eigenvalue weighted by Gasteiger charge is 2.27. The minimum atomic E-state index is 0.628. The van der Waals surface area contributed by atoms with Crippen molar-refractivity contribution in [2.75, 3.05) is 0 Å². The van der Waals surface area contributed by atoms with Gasteiger partial charge in [-0.1, -0.05) is 388 Å². The van der Waals surface area contributed by atoms with Gasteiger partial charge in [0.25, 0.3) is 0 Å². The van der Waals surface area contributed by atoms with Gasteiger partial charge in [0.05, 0.1) is 33.1 Å². The van der Waals surface area contributed by atoms with Crippen molar-refractivity contribution < 1.29 is 4.42 Å². The second kappa shape index (κ2) is 37.1. The Balaban J connectivity index is 0.000000110. The molecule has 0 N–H and O–H groups in total. The maximum Gasteiger partial charge on any atom is 0.164 e. The molecule has 14 heteroatoms. The summed E-state index contributed by atoms with van der Waals surface area (Å²) in [5, 5.41) is 14.1. The Kier molecular flexibility index (Phi) is 21.8. The number of aromatic nitrogens is 12. The zero-order chi connectivity index (χ0) is 97.2. The summed E-state index contributed by atoms with van der Waals surface area (Å²) < 4.78 is 15.9. The van der Waals surface area contributed by atoms with E-state index in [9.17, 15) is 0 Å². The Hall–Kier alpha value is -19.7. The van der Waals surface area contributed by atoms with Gasteiger partial charge in [0.2, 0.25) is 0 Å². The van der Waals surface area contributed by atoms with Crippen molar-refractivity contribution in [1.29, 1.82) is 0 Å². The Bertz CT molecular complexity index is 9950. The second-order valence-corrected chi connectivity index (χ2v) is 37.7. The molecule has 0 spiro atoms. The zero-order valence-electron chi connectivity index (χ0n) is 79.2. The minimum Gasteiger partial charge on any atom is -0.456 e. The van der Waals surface area contributed by atoms with Gasteiger partial charge in [0, 0.05) is 130 Å². The van der Waals surface area contributed by atoms with E-state index in [2.05, 4.69) is 329 Å². The number of nitrogens with zero attached hydrogens (tertiary/aromatic N) is 12. The van der Waals surface area contributed by atoms with E-state index < -0.39 is 0 Å². The molecular formula is C133H84N12OS. The van der Waals surface area contributed by atoms with Crippen LogP contribution in [0.4, 0.5) is 0 Å². The van der Waals surface area contributed by atoms with Crippen molar-refractivity contribution in [2.45, 2.75) is 0 Å². The molecule has 0 saturated heterocycles. The maximum absolute atomic E-state index is 6.21. The molecule has 8 heterocycles. The topological polar surface area (TPSA) is 144 Å². The van der Waals surface area contributed by atoms with E-state index in [4.69, 9.17) is 49.3 Å². The van der Waals surface area contributed by atoms with Crippen molar-refractivity contribution in [3.8, 4) is 153 Å². The van der Waals surface area contributed by atoms with E-state index in [-0.39, 0.29) is 0 Å². The molecule has 29 aromatic rings. The van der Waals surface area contributed by atoms with Crippen LogP contribution in [0, 0.1) is 0 Å². The average Bonchev–Trinajstić information content (AvgIpc) is 1.58. The third-order valence-electron chi connectivity index (χ3n) is 27.7. The molecule has 0 unspecified atom stereocenters. The molecule has 8 aromatic heterocycles. The number of para-hydroxylation sites is 3. The fraction of sp³-hybridized carbons (Fsp3) is 0. The van der Waals surface area contributed by atoms with Gasteiger partial charge in [-0.25, -0.2) is 44.9 Å². The Morgan fingerprint density at radius 2 is 0.490 bits per heavy atom. The van der Waals surface area contributed by atoms with Crippen LogP contribution in [0.15, 0.2) is 514 Å². The van der Waals surface area contributed by atoms with Crippen LogP contribution < -0.4 is 0 Å². The number of furan rings is 1. The molecule has 0 amide bonds. The predicted molar refractivity (Wildman–Crippen MR) is 605 cm³/mol. The molecule has 29 rings (SSSR count). The van der Waals surface area contributed by atoms with E-state index in [1.165, 1.54) is 52.8 Å². The van der Waals surface area contributed by atoms with Crippen LogP contribution in [-0.4, -0.2) is 58.6 Å². The van der Waals surface area contributed by atoms with Gasteiger partial charge in [-0.2, -0.15) is 0 Å². The monoisotopic (exact) mass is 1900 g/mol. The van der Waals surface area contributed by atoms with Gasteiger partial charge in [-0.15, -0.1) is 11.3 Å². The first kappa shape index (κ1) is 86.4. The number of hydrogen-bond donors (Lipinski definition) is 0. The average molecular weight is 1900 g/mol. The van der Waals surface area contributed by atoms with Crippen LogP contribution in [0.1, 0.15) is 0 Å². The van der Waals surface area contributed by atoms with Crippen molar-refractivity contribution in [3.05, 3.63) is 510 Å². The second-order valence-electron chi connectivity index (χ2n) is 36.6.